The zero-order valence-electron chi connectivity index (χ0n) is 9.33. The minimum Gasteiger partial charge on any atom is -0.368 e. The highest BCUT2D eigenvalue weighted by molar-refractivity contribution is 6.42. The molecule has 0 aliphatic heterocycles. The predicted octanol–water partition coefficient (Wildman–Crippen LogP) is 4.09. The fraction of sp³-hybridized carbons (Fsp3) is 0.167. The highest BCUT2D eigenvalue weighted by atomic mass is 35.5. The van der Waals surface area contributed by atoms with Crippen LogP contribution in [0.5, 0.6) is 0 Å². The third kappa shape index (κ3) is 3.48. The molecule has 0 unspecified atom stereocenters. The Morgan fingerprint density at radius 1 is 1.11 bits per heavy atom. The van der Waals surface area contributed by atoms with Gasteiger partial charge in [-0.3, -0.25) is 4.98 Å². The summed E-state index contributed by atoms with van der Waals surface area (Å²) < 4.78 is 0. The molecule has 0 aliphatic rings. The number of nitrogens with zero attached hydrogens (tertiary/aromatic N) is 2. The van der Waals surface area contributed by atoms with Crippen molar-refractivity contribution in [2.45, 2.75) is 6.42 Å². The summed E-state index contributed by atoms with van der Waals surface area (Å²) in [6.45, 7) is 0.668. The van der Waals surface area contributed by atoms with Crippen molar-refractivity contribution in [3.8, 4) is 0 Å². The minimum atomic E-state index is 0.237. The van der Waals surface area contributed by atoms with Crippen LogP contribution in [0.2, 0.25) is 15.2 Å². The molecule has 0 bridgehead atoms. The molecule has 0 atom stereocenters. The van der Waals surface area contributed by atoms with Gasteiger partial charge in [0.05, 0.1) is 10.0 Å². The molecule has 0 saturated carbocycles. The van der Waals surface area contributed by atoms with Crippen LogP contribution < -0.4 is 5.32 Å². The lowest BCUT2D eigenvalue weighted by atomic mass is 10.3. The van der Waals surface area contributed by atoms with Crippen molar-refractivity contribution in [3.63, 3.8) is 0 Å². The van der Waals surface area contributed by atoms with Crippen LogP contribution in [0.3, 0.4) is 0 Å². The zero-order valence-corrected chi connectivity index (χ0v) is 11.6. The Hall–Kier alpha value is -1.03. The first kappa shape index (κ1) is 13.4. The topological polar surface area (TPSA) is 37.8 Å². The van der Waals surface area contributed by atoms with Crippen LogP contribution >= 0.6 is 34.8 Å². The lowest BCUT2D eigenvalue weighted by molar-refractivity contribution is 0.954. The Morgan fingerprint density at radius 3 is 2.67 bits per heavy atom. The smallest absolute Gasteiger partial charge is 0.150 e. The summed E-state index contributed by atoms with van der Waals surface area (Å²) >= 11 is 17.6. The third-order valence-electron chi connectivity index (χ3n) is 2.29. The van der Waals surface area contributed by atoms with Crippen LogP contribution in [0.15, 0.2) is 30.5 Å². The molecule has 0 radical (unpaired) electrons. The average molecular weight is 303 g/mol. The molecule has 0 aliphatic carbocycles. The second-order valence-corrected chi connectivity index (χ2v) is 4.76. The van der Waals surface area contributed by atoms with Crippen LogP contribution in [-0.2, 0) is 6.42 Å². The number of anilines is 1. The van der Waals surface area contributed by atoms with E-state index < -0.39 is 0 Å². The number of hydrogen-bond acceptors (Lipinski definition) is 3. The van der Waals surface area contributed by atoms with E-state index in [2.05, 4.69) is 15.3 Å². The van der Waals surface area contributed by atoms with Crippen molar-refractivity contribution in [1.29, 1.82) is 0 Å². The van der Waals surface area contributed by atoms with Gasteiger partial charge < -0.3 is 5.32 Å². The van der Waals surface area contributed by atoms with Gasteiger partial charge in [-0.2, -0.15) is 0 Å². The largest absolute Gasteiger partial charge is 0.368 e. The SMILES string of the molecule is Clc1cc(Cl)c(NCCc2ccccn2)nc1Cl. The Balaban J connectivity index is 1.97. The van der Waals surface area contributed by atoms with Gasteiger partial charge in [0, 0.05) is 24.9 Å². The van der Waals surface area contributed by atoms with E-state index in [0.717, 1.165) is 12.1 Å². The van der Waals surface area contributed by atoms with Crippen LogP contribution in [0.4, 0.5) is 5.82 Å². The molecule has 0 saturated heterocycles. The Morgan fingerprint density at radius 2 is 1.94 bits per heavy atom. The summed E-state index contributed by atoms with van der Waals surface area (Å²) in [5, 5.41) is 4.13. The van der Waals surface area contributed by atoms with Gasteiger partial charge in [-0.05, 0) is 18.2 Å². The lowest BCUT2D eigenvalue weighted by Crippen LogP contribution is -2.07. The zero-order chi connectivity index (χ0) is 13.0. The van der Waals surface area contributed by atoms with Crippen molar-refractivity contribution >= 4 is 40.6 Å². The molecule has 2 heterocycles. The summed E-state index contributed by atoms with van der Waals surface area (Å²) in [5.74, 6) is 0.530. The Kier molecular flexibility index (Phi) is 4.64. The molecule has 94 valence electrons. The first-order chi connectivity index (χ1) is 8.66. The summed E-state index contributed by atoms with van der Waals surface area (Å²) in [6.07, 6.45) is 2.54. The van der Waals surface area contributed by atoms with Crippen molar-refractivity contribution in [3.05, 3.63) is 51.4 Å². The molecular formula is C12H10Cl3N3. The molecule has 2 rings (SSSR count). The second kappa shape index (κ2) is 6.23. The fourth-order valence-corrected chi connectivity index (χ4v) is 1.99. The standard InChI is InChI=1S/C12H10Cl3N3/c13-9-7-10(14)12(18-11(9)15)17-6-4-8-3-1-2-5-16-8/h1-3,5,7H,4,6H2,(H,17,18). The molecule has 2 aromatic rings. The number of halogens is 3. The van der Waals surface area contributed by atoms with E-state index in [1.54, 1.807) is 12.3 Å². The first-order valence-corrected chi connectivity index (χ1v) is 6.45. The Labute approximate surface area is 120 Å². The van der Waals surface area contributed by atoms with Crippen molar-refractivity contribution in [2.24, 2.45) is 0 Å². The molecular weight excluding hydrogens is 293 g/mol. The first-order valence-electron chi connectivity index (χ1n) is 5.32. The average Bonchev–Trinajstić information content (AvgIpc) is 2.37. The van der Waals surface area contributed by atoms with Gasteiger partial charge in [0.1, 0.15) is 11.0 Å². The number of hydrogen-bond donors (Lipinski definition) is 1. The fourth-order valence-electron chi connectivity index (χ4n) is 1.42. The molecule has 0 amide bonds. The summed E-state index contributed by atoms with van der Waals surface area (Å²) in [4.78, 5) is 8.30. The van der Waals surface area contributed by atoms with Crippen LogP contribution in [0.25, 0.3) is 0 Å². The lowest BCUT2D eigenvalue weighted by Gasteiger charge is -2.08. The maximum absolute atomic E-state index is 6.00. The van der Waals surface area contributed by atoms with Crippen molar-refractivity contribution in [1.82, 2.24) is 9.97 Å². The minimum absolute atomic E-state index is 0.237. The molecule has 2 aromatic heterocycles. The Bertz CT molecular complexity index is 532. The maximum atomic E-state index is 6.00. The molecule has 0 aromatic carbocycles. The number of rotatable bonds is 4. The van der Waals surface area contributed by atoms with E-state index >= 15 is 0 Å². The van der Waals surface area contributed by atoms with E-state index in [0.29, 0.717) is 22.4 Å². The summed E-state index contributed by atoms with van der Waals surface area (Å²) in [6, 6.07) is 7.37. The second-order valence-electron chi connectivity index (χ2n) is 3.59. The molecule has 18 heavy (non-hydrogen) atoms. The number of aromatic nitrogens is 2. The van der Waals surface area contributed by atoms with Crippen LogP contribution in [0, 0.1) is 0 Å². The highest BCUT2D eigenvalue weighted by Crippen LogP contribution is 2.28. The van der Waals surface area contributed by atoms with E-state index in [9.17, 15) is 0 Å². The molecule has 0 fully saturated rings. The third-order valence-corrected chi connectivity index (χ3v) is 3.25. The molecule has 3 nitrogen and oxygen atoms in total. The molecule has 6 heteroatoms. The van der Waals surface area contributed by atoms with Gasteiger partial charge in [-0.1, -0.05) is 40.9 Å². The summed E-state index contributed by atoms with van der Waals surface area (Å²) in [7, 11) is 0. The normalized spacial score (nSPS) is 10.4. The van der Waals surface area contributed by atoms with Gasteiger partial charge in [-0.25, -0.2) is 4.98 Å². The highest BCUT2D eigenvalue weighted by Gasteiger charge is 2.07. The van der Waals surface area contributed by atoms with Crippen LogP contribution in [-0.4, -0.2) is 16.5 Å². The predicted molar refractivity (Wildman–Crippen MR) is 75.7 cm³/mol. The number of nitrogens with one attached hydrogen (secondary N) is 1. The monoisotopic (exact) mass is 301 g/mol. The summed E-state index contributed by atoms with van der Waals surface area (Å²) in [5.41, 5.74) is 1.00. The van der Waals surface area contributed by atoms with Gasteiger partial charge in [-0.15, -0.1) is 0 Å². The van der Waals surface area contributed by atoms with E-state index in [4.69, 9.17) is 34.8 Å². The van der Waals surface area contributed by atoms with E-state index in [-0.39, 0.29) is 5.15 Å². The molecule has 1 N–H and O–H groups in total. The maximum Gasteiger partial charge on any atom is 0.150 e. The van der Waals surface area contributed by atoms with Crippen molar-refractivity contribution in [2.75, 3.05) is 11.9 Å². The van der Waals surface area contributed by atoms with Gasteiger partial charge in [0.15, 0.2) is 0 Å². The van der Waals surface area contributed by atoms with Gasteiger partial charge in [0.2, 0.25) is 0 Å². The van der Waals surface area contributed by atoms with Crippen LogP contribution in [0.1, 0.15) is 5.69 Å². The van der Waals surface area contributed by atoms with E-state index in [1.165, 1.54) is 0 Å². The van der Waals surface area contributed by atoms with Gasteiger partial charge >= 0.3 is 0 Å². The number of pyridine rings is 2. The van der Waals surface area contributed by atoms with E-state index in [1.807, 2.05) is 18.2 Å². The van der Waals surface area contributed by atoms with Gasteiger partial charge in [0.25, 0.3) is 0 Å². The quantitative estimate of drug-likeness (QED) is 0.864. The van der Waals surface area contributed by atoms with Crippen molar-refractivity contribution < 1.29 is 0 Å². The molecule has 0 spiro atoms.